The monoisotopic (exact) mass is 266 g/mol. The first-order valence-corrected chi connectivity index (χ1v) is 7.04. The molecule has 0 atom stereocenters. The zero-order valence-electron chi connectivity index (χ0n) is 9.92. The minimum Gasteiger partial charge on any atom is -0.248 e. The van der Waals surface area contributed by atoms with Crippen molar-refractivity contribution in [2.45, 2.75) is 18.2 Å². The van der Waals surface area contributed by atoms with Gasteiger partial charge in [0.2, 0.25) is 5.96 Å². The van der Waals surface area contributed by atoms with E-state index in [2.05, 4.69) is 20.2 Å². The third-order valence-corrected chi connectivity index (χ3v) is 3.79. The van der Waals surface area contributed by atoms with Crippen molar-refractivity contribution < 1.29 is 8.42 Å². The van der Waals surface area contributed by atoms with Crippen molar-refractivity contribution in [2.75, 3.05) is 6.54 Å². The van der Waals surface area contributed by atoms with Crippen molar-refractivity contribution in [2.24, 2.45) is 10.1 Å². The molecular weight excluding hydrogens is 252 g/mol. The zero-order chi connectivity index (χ0) is 13.0. The van der Waals surface area contributed by atoms with E-state index in [-0.39, 0.29) is 10.9 Å². The highest BCUT2D eigenvalue weighted by Gasteiger charge is 2.17. The molecule has 0 fully saturated rings. The molecule has 0 saturated carbocycles. The third-order valence-electron chi connectivity index (χ3n) is 2.43. The normalized spacial score (nSPS) is 15.4. The van der Waals surface area contributed by atoms with Crippen molar-refractivity contribution in [3.05, 3.63) is 30.3 Å². The van der Waals surface area contributed by atoms with Gasteiger partial charge >= 0.3 is 0 Å². The number of sulfonamides is 1. The molecule has 0 amide bonds. The largest absolute Gasteiger partial charge is 0.264 e. The molecule has 0 unspecified atom stereocenters. The van der Waals surface area contributed by atoms with Crippen LogP contribution in [0.15, 0.2) is 45.3 Å². The quantitative estimate of drug-likeness (QED) is 0.844. The molecule has 0 spiro atoms. The molecular formula is C11H14N4O2S. The number of benzene rings is 1. The predicted molar refractivity (Wildman–Crippen MR) is 69.9 cm³/mol. The molecule has 96 valence electrons. The minimum atomic E-state index is -3.60. The van der Waals surface area contributed by atoms with Gasteiger partial charge in [-0.15, -0.1) is 0 Å². The van der Waals surface area contributed by atoms with Gasteiger partial charge < -0.3 is 0 Å². The van der Waals surface area contributed by atoms with Gasteiger partial charge in [0, 0.05) is 0 Å². The maximum Gasteiger partial charge on any atom is 0.264 e. The van der Waals surface area contributed by atoms with E-state index in [9.17, 15) is 8.42 Å². The molecule has 1 aromatic rings. The Hall–Kier alpha value is -1.89. The van der Waals surface area contributed by atoms with Crippen molar-refractivity contribution in [1.29, 1.82) is 0 Å². The highest BCUT2D eigenvalue weighted by Crippen LogP contribution is 2.07. The average Bonchev–Trinajstić information content (AvgIpc) is 2.40. The lowest BCUT2D eigenvalue weighted by Gasteiger charge is -2.14. The van der Waals surface area contributed by atoms with Crippen LogP contribution in [0.1, 0.15) is 13.3 Å². The molecule has 0 bridgehead atoms. The first-order chi connectivity index (χ1) is 8.62. The van der Waals surface area contributed by atoms with Gasteiger partial charge in [-0.05, 0) is 18.6 Å². The summed E-state index contributed by atoms with van der Waals surface area (Å²) < 4.78 is 26.3. The molecule has 7 heteroatoms. The van der Waals surface area contributed by atoms with Gasteiger partial charge in [0.1, 0.15) is 0 Å². The van der Waals surface area contributed by atoms with Crippen LogP contribution in [-0.2, 0) is 10.0 Å². The van der Waals surface area contributed by atoms with Crippen LogP contribution in [0.4, 0.5) is 0 Å². The summed E-state index contributed by atoms with van der Waals surface area (Å²) in [5.74, 6) is 0.149. The maximum atomic E-state index is 12.0. The summed E-state index contributed by atoms with van der Waals surface area (Å²) >= 11 is 0. The second kappa shape index (κ2) is 5.18. The molecule has 6 nitrogen and oxygen atoms in total. The van der Waals surface area contributed by atoms with Gasteiger partial charge in [-0.2, -0.15) is 5.10 Å². The number of rotatable bonds is 3. The Morgan fingerprint density at radius 2 is 2.06 bits per heavy atom. The van der Waals surface area contributed by atoms with Crippen LogP contribution in [-0.4, -0.2) is 26.6 Å². The van der Waals surface area contributed by atoms with Gasteiger partial charge in [0.15, 0.2) is 0 Å². The topological polar surface area (TPSA) is 82.9 Å². The highest BCUT2D eigenvalue weighted by molar-refractivity contribution is 7.90. The Morgan fingerprint density at radius 3 is 2.61 bits per heavy atom. The molecule has 2 N–H and O–H groups in total. The van der Waals surface area contributed by atoms with Crippen molar-refractivity contribution in [3.63, 3.8) is 0 Å². The lowest BCUT2D eigenvalue weighted by molar-refractivity contribution is 0.591. The number of aliphatic imine (C=N–C) groups is 1. The number of nitrogens with one attached hydrogen (secondary N) is 2. The Balaban J connectivity index is 2.09. The number of hydrazone groups is 1. The molecule has 0 saturated heterocycles. The average molecular weight is 266 g/mol. The summed E-state index contributed by atoms with van der Waals surface area (Å²) in [5, 5.41) is 4.02. The molecule has 1 aliphatic heterocycles. The SMILES string of the molecule is CCC1=NNC(NS(=O)(=O)c2ccccc2)=NC1. The Morgan fingerprint density at radius 1 is 1.33 bits per heavy atom. The number of guanidine groups is 1. The Bertz CT molecular complexity index is 578. The van der Waals surface area contributed by atoms with Gasteiger partial charge in [-0.1, -0.05) is 25.1 Å². The summed E-state index contributed by atoms with van der Waals surface area (Å²) in [6.07, 6.45) is 0.787. The summed E-state index contributed by atoms with van der Waals surface area (Å²) in [6.45, 7) is 2.38. The molecule has 0 radical (unpaired) electrons. The molecule has 1 heterocycles. The molecule has 1 aromatic carbocycles. The number of hydrogen-bond acceptors (Lipinski definition) is 5. The Labute approximate surface area is 106 Å². The standard InChI is InChI=1S/C11H14N4O2S/c1-2-9-8-12-11(14-13-9)15-18(16,17)10-6-4-3-5-7-10/h3-7H,2,8H2,1H3,(H2,12,14,15). The highest BCUT2D eigenvalue weighted by atomic mass is 32.2. The summed E-state index contributed by atoms with van der Waals surface area (Å²) in [7, 11) is -3.60. The van der Waals surface area contributed by atoms with Gasteiger partial charge in [-0.25, -0.2) is 23.6 Å². The van der Waals surface area contributed by atoms with Crippen LogP contribution in [0, 0.1) is 0 Å². The van der Waals surface area contributed by atoms with Crippen LogP contribution in [0.2, 0.25) is 0 Å². The van der Waals surface area contributed by atoms with E-state index in [1.165, 1.54) is 12.1 Å². The number of nitrogens with zero attached hydrogens (tertiary/aromatic N) is 2. The predicted octanol–water partition coefficient (Wildman–Crippen LogP) is 0.690. The van der Waals surface area contributed by atoms with Crippen molar-refractivity contribution >= 4 is 21.7 Å². The minimum absolute atomic E-state index is 0.149. The summed E-state index contributed by atoms with van der Waals surface area (Å²) in [6, 6.07) is 8.13. The fourth-order valence-corrected chi connectivity index (χ4v) is 2.40. The van der Waals surface area contributed by atoms with E-state index >= 15 is 0 Å². The van der Waals surface area contributed by atoms with Crippen LogP contribution in [0.5, 0.6) is 0 Å². The lowest BCUT2D eigenvalue weighted by atomic mass is 10.3. The maximum absolute atomic E-state index is 12.0. The van der Waals surface area contributed by atoms with Gasteiger partial charge in [-0.3, -0.25) is 0 Å². The third kappa shape index (κ3) is 2.86. The fourth-order valence-electron chi connectivity index (χ4n) is 1.40. The summed E-state index contributed by atoms with van der Waals surface area (Å²) in [5.41, 5.74) is 3.48. The van der Waals surface area contributed by atoms with Crippen molar-refractivity contribution in [1.82, 2.24) is 10.1 Å². The van der Waals surface area contributed by atoms with E-state index in [0.29, 0.717) is 6.54 Å². The van der Waals surface area contributed by atoms with E-state index in [4.69, 9.17) is 0 Å². The smallest absolute Gasteiger partial charge is 0.248 e. The zero-order valence-corrected chi connectivity index (χ0v) is 10.7. The first-order valence-electron chi connectivity index (χ1n) is 5.55. The van der Waals surface area contributed by atoms with E-state index in [1.807, 2.05) is 6.92 Å². The van der Waals surface area contributed by atoms with Crippen LogP contribution >= 0.6 is 0 Å². The van der Waals surface area contributed by atoms with E-state index in [1.54, 1.807) is 18.2 Å². The molecule has 2 rings (SSSR count). The molecule has 0 aromatic heterocycles. The molecule has 0 aliphatic carbocycles. The lowest BCUT2D eigenvalue weighted by Crippen LogP contribution is -2.41. The van der Waals surface area contributed by atoms with E-state index in [0.717, 1.165) is 12.1 Å². The van der Waals surface area contributed by atoms with Crippen molar-refractivity contribution in [3.8, 4) is 0 Å². The number of hydrogen-bond donors (Lipinski definition) is 2. The van der Waals surface area contributed by atoms with Crippen LogP contribution in [0.25, 0.3) is 0 Å². The molecule has 1 aliphatic rings. The van der Waals surface area contributed by atoms with Gasteiger partial charge in [0.05, 0.1) is 17.2 Å². The Kier molecular flexibility index (Phi) is 3.61. The summed E-state index contributed by atoms with van der Waals surface area (Å²) in [4.78, 5) is 4.27. The fraction of sp³-hybridized carbons (Fsp3) is 0.273. The van der Waals surface area contributed by atoms with Crippen LogP contribution < -0.4 is 10.1 Å². The second-order valence-corrected chi connectivity index (χ2v) is 5.41. The van der Waals surface area contributed by atoms with E-state index < -0.39 is 10.0 Å². The molecule has 18 heavy (non-hydrogen) atoms. The second-order valence-electron chi connectivity index (χ2n) is 3.73. The van der Waals surface area contributed by atoms with Gasteiger partial charge in [0.25, 0.3) is 10.0 Å². The first kappa shape index (κ1) is 12.6. The van der Waals surface area contributed by atoms with Crippen LogP contribution in [0.3, 0.4) is 0 Å².